The Balaban J connectivity index is 0.000000183. The van der Waals surface area contributed by atoms with Gasteiger partial charge in [-0.05, 0) is 11.5 Å². The number of carbonyl (C=O) groups is 2. The van der Waals surface area contributed by atoms with Gasteiger partial charge in [-0.25, -0.2) is 4.79 Å². The fourth-order valence-electron chi connectivity index (χ4n) is 0.136. The van der Waals surface area contributed by atoms with Crippen molar-refractivity contribution in [2.24, 2.45) is 5.73 Å². The molecule has 1 aromatic heterocycles. The van der Waals surface area contributed by atoms with Gasteiger partial charge in [0, 0.05) is 5.38 Å². The van der Waals surface area contributed by atoms with E-state index in [4.69, 9.17) is 5.11 Å². The van der Waals surface area contributed by atoms with Crippen LogP contribution in [0.3, 0.4) is 0 Å². The molecule has 0 saturated carbocycles. The highest BCUT2D eigenvalue weighted by Gasteiger charge is 2.00. The minimum absolute atomic E-state index is 1.32. The lowest BCUT2D eigenvalue weighted by Gasteiger charge is -1.74. The number of nitrogens with two attached hydrogens (primary N) is 1. The monoisotopic (exact) mass is 175 g/mol. The molecule has 1 heterocycles. The normalized spacial score (nSPS) is 7.64. The maximum Gasteiger partial charge on any atom is 0.394 e. The van der Waals surface area contributed by atoms with Crippen LogP contribution in [0.25, 0.3) is 0 Å². The number of carboxylic acids is 1. The standard InChI is InChI=1S/C2H2N2S.C2H3NO3/c1-2-5-4-3-1;3-1(4)2(5)6/h1-2H;(H2,3,4)(H,5,6). The Kier molecular flexibility index (Phi) is 4.58. The van der Waals surface area contributed by atoms with Gasteiger partial charge in [-0.1, -0.05) is 4.49 Å². The number of hydrogen-bond donors (Lipinski definition) is 2. The molecule has 0 aromatic carbocycles. The Morgan fingerprint density at radius 3 is 2.18 bits per heavy atom. The van der Waals surface area contributed by atoms with Crippen LogP contribution in [-0.2, 0) is 9.59 Å². The first-order valence-electron chi connectivity index (χ1n) is 2.38. The lowest BCUT2D eigenvalue weighted by atomic mass is 10.7. The summed E-state index contributed by atoms with van der Waals surface area (Å²) in [5.74, 6) is -2.93. The maximum absolute atomic E-state index is 9.32. The molecule has 0 unspecified atom stereocenters. The van der Waals surface area contributed by atoms with Crippen LogP contribution >= 0.6 is 11.5 Å². The van der Waals surface area contributed by atoms with E-state index < -0.39 is 11.9 Å². The maximum atomic E-state index is 9.32. The Morgan fingerprint density at radius 2 is 2.09 bits per heavy atom. The molecule has 0 aliphatic heterocycles. The number of carbonyl (C=O) groups excluding carboxylic acids is 1. The van der Waals surface area contributed by atoms with Crippen LogP contribution in [0.4, 0.5) is 0 Å². The van der Waals surface area contributed by atoms with Crippen molar-refractivity contribution in [2.75, 3.05) is 0 Å². The van der Waals surface area contributed by atoms with Gasteiger partial charge in [-0.3, -0.25) is 4.79 Å². The summed E-state index contributed by atoms with van der Waals surface area (Å²) in [6.07, 6.45) is 1.66. The number of primary amides is 1. The van der Waals surface area contributed by atoms with Crippen LogP contribution < -0.4 is 5.73 Å². The summed E-state index contributed by atoms with van der Waals surface area (Å²) in [6, 6.07) is 0. The van der Waals surface area contributed by atoms with E-state index in [-0.39, 0.29) is 0 Å². The number of aromatic nitrogens is 2. The van der Waals surface area contributed by atoms with Gasteiger partial charge in [-0.15, -0.1) is 5.10 Å². The molecule has 0 fully saturated rings. The predicted molar refractivity (Wildman–Crippen MR) is 36.7 cm³/mol. The van der Waals surface area contributed by atoms with Gasteiger partial charge >= 0.3 is 11.9 Å². The van der Waals surface area contributed by atoms with Crippen molar-refractivity contribution in [2.45, 2.75) is 0 Å². The summed E-state index contributed by atoms with van der Waals surface area (Å²) in [4.78, 5) is 18.5. The van der Waals surface area contributed by atoms with Gasteiger partial charge in [-0.2, -0.15) is 0 Å². The van der Waals surface area contributed by atoms with E-state index in [0.717, 1.165) is 0 Å². The van der Waals surface area contributed by atoms with Crippen molar-refractivity contribution >= 4 is 23.4 Å². The Labute approximate surface area is 65.8 Å². The first-order chi connectivity index (χ1) is 5.14. The van der Waals surface area contributed by atoms with Crippen molar-refractivity contribution < 1.29 is 14.7 Å². The number of aliphatic carboxylic acids is 1. The molecule has 60 valence electrons. The minimum atomic E-state index is -1.60. The molecule has 0 saturated heterocycles. The molecule has 1 rings (SSSR count). The van der Waals surface area contributed by atoms with Gasteiger partial charge in [0.1, 0.15) is 0 Å². The molecule has 0 bridgehead atoms. The summed E-state index contributed by atoms with van der Waals surface area (Å²) < 4.78 is 3.51. The summed E-state index contributed by atoms with van der Waals surface area (Å²) in [6.45, 7) is 0. The van der Waals surface area contributed by atoms with Gasteiger partial charge in [0.2, 0.25) is 0 Å². The van der Waals surface area contributed by atoms with Gasteiger partial charge in [0.05, 0.1) is 6.20 Å². The predicted octanol–water partition coefficient (Wildman–Crippen LogP) is -0.906. The van der Waals surface area contributed by atoms with Crippen LogP contribution in [0.15, 0.2) is 11.6 Å². The average molecular weight is 175 g/mol. The number of carboxylic acid groups (broad SMARTS) is 1. The largest absolute Gasteiger partial charge is 0.474 e. The summed E-state index contributed by atoms with van der Waals surface area (Å²) in [5.41, 5.74) is 4.20. The number of hydrogen-bond acceptors (Lipinski definition) is 5. The summed E-state index contributed by atoms with van der Waals surface area (Å²) in [7, 11) is 0. The van der Waals surface area contributed by atoms with Crippen molar-refractivity contribution in [1.29, 1.82) is 0 Å². The third-order valence-corrected chi connectivity index (χ3v) is 0.925. The van der Waals surface area contributed by atoms with Gasteiger partial charge < -0.3 is 10.8 Å². The van der Waals surface area contributed by atoms with E-state index in [2.05, 4.69) is 15.3 Å². The fourth-order valence-corrected chi connectivity index (χ4v) is 0.408. The van der Waals surface area contributed by atoms with Crippen molar-refractivity contribution in [3.8, 4) is 0 Å². The Hall–Kier alpha value is -1.50. The second-order valence-electron chi connectivity index (χ2n) is 1.26. The highest BCUT2D eigenvalue weighted by molar-refractivity contribution is 7.03. The van der Waals surface area contributed by atoms with E-state index in [1.165, 1.54) is 11.5 Å². The third-order valence-electron chi connectivity index (χ3n) is 0.493. The molecule has 6 nitrogen and oxygen atoms in total. The van der Waals surface area contributed by atoms with Crippen molar-refractivity contribution in [3.05, 3.63) is 11.6 Å². The minimum Gasteiger partial charge on any atom is -0.474 e. The quantitative estimate of drug-likeness (QED) is 0.496. The van der Waals surface area contributed by atoms with Crippen LogP contribution in [0.2, 0.25) is 0 Å². The molecule has 11 heavy (non-hydrogen) atoms. The molecule has 0 atom stereocenters. The smallest absolute Gasteiger partial charge is 0.394 e. The Morgan fingerprint density at radius 1 is 1.55 bits per heavy atom. The zero-order valence-corrected chi connectivity index (χ0v) is 6.11. The van der Waals surface area contributed by atoms with E-state index in [9.17, 15) is 9.59 Å². The van der Waals surface area contributed by atoms with Gasteiger partial charge in [0.25, 0.3) is 0 Å². The van der Waals surface area contributed by atoms with Crippen LogP contribution in [0.1, 0.15) is 0 Å². The molecular formula is C4H5N3O3S. The average Bonchev–Trinajstić information content (AvgIpc) is 2.41. The Bertz CT molecular complexity index is 193. The zero-order valence-electron chi connectivity index (χ0n) is 5.30. The number of nitrogens with zero attached hydrogens (tertiary/aromatic N) is 2. The molecule has 1 aromatic rings. The zero-order chi connectivity index (χ0) is 8.69. The molecule has 7 heteroatoms. The van der Waals surface area contributed by atoms with Crippen molar-refractivity contribution in [3.63, 3.8) is 0 Å². The van der Waals surface area contributed by atoms with E-state index in [0.29, 0.717) is 0 Å². The molecule has 3 N–H and O–H groups in total. The lowest BCUT2D eigenvalue weighted by molar-refractivity contribution is -0.148. The second kappa shape index (κ2) is 5.30. The van der Waals surface area contributed by atoms with Crippen LogP contribution in [0.5, 0.6) is 0 Å². The molecule has 0 aliphatic rings. The highest BCUT2D eigenvalue weighted by atomic mass is 32.1. The van der Waals surface area contributed by atoms with E-state index in [1.54, 1.807) is 6.20 Å². The van der Waals surface area contributed by atoms with Gasteiger partial charge in [0.15, 0.2) is 0 Å². The van der Waals surface area contributed by atoms with Crippen LogP contribution in [0, 0.1) is 0 Å². The second-order valence-corrected chi connectivity index (χ2v) is 1.90. The summed E-state index contributed by atoms with van der Waals surface area (Å²) in [5, 5.41) is 12.8. The fraction of sp³-hybridized carbons (Fsp3) is 0. The summed E-state index contributed by atoms with van der Waals surface area (Å²) >= 11 is 1.35. The molecule has 1 amide bonds. The molecule has 0 spiro atoms. The highest BCUT2D eigenvalue weighted by Crippen LogP contribution is 1.78. The van der Waals surface area contributed by atoms with Crippen LogP contribution in [-0.4, -0.2) is 26.6 Å². The lowest BCUT2D eigenvalue weighted by Crippen LogP contribution is -2.21. The first kappa shape index (κ1) is 9.50. The van der Waals surface area contributed by atoms with E-state index in [1.807, 2.05) is 5.38 Å². The first-order valence-corrected chi connectivity index (χ1v) is 3.22. The number of rotatable bonds is 0. The SMILES string of the molecule is NC(=O)C(=O)O.c1csnn1. The molecule has 0 aliphatic carbocycles. The van der Waals surface area contributed by atoms with E-state index >= 15 is 0 Å². The molecular weight excluding hydrogens is 170 g/mol. The molecule has 0 radical (unpaired) electrons. The van der Waals surface area contributed by atoms with Crippen molar-refractivity contribution in [1.82, 2.24) is 9.59 Å². The topological polar surface area (TPSA) is 106 Å². The third kappa shape index (κ3) is 6.38. The number of amides is 1.